The number of aromatic amines is 1. The lowest BCUT2D eigenvalue weighted by Crippen LogP contribution is -2.14. The van der Waals surface area contributed by atoms with Crippen molar-refractivity contribution in [2.75, 3.05) is 5.32 Å². The first kappa shape index (κ1) is 12.6. The molecule has 0 aliphatic heterocycles. The molecule has 0 saturated carbocycles. The minimum absolute atomic E-state index is 0.0228. The molecule has 0 unspecified atom stereocenters. The summed E-state index contributed by atoms with van der Waals surface area (Å²) in [5.41, 5.74) is 0.971. The van der Waals surface area contributed by atoms with Gasteiger partial charge in [0.25, 0.3) is 5.91 Å². The topological polar surface area (TPSA) is 57.8 Å². The first-order chi connectivity index (χ1) is 9.66. The summed E-state index contributed by atoms with van der Waals surface area (Å²) >= 11 is 5.67. The third kappa shape index (κ3) is 2.12. The molecule has 1 heterocycles. The molecular weight excluding hydrogens is 281 g/mol. The number of aromatic nitrogens is 2. The van der Waals surface area contributed by atoms with E-state index in [0.717, 1.165) is 5.52 Å². The van der Waals surface area contributed by atoms with Crippen LogP contribution in [0.2, 0.25) is 5.02 Å². The molecular formula is C14H9ClFN3O. The van der Waals surface area contributed by atoms with Crippen molar-refractivity contribution in [3.8, 4) is 0 Å². The van der Waals surface area contributed by atoms with Gasteiger partial charge in [0.05, 0.1) is 16.2 Å². The average Bonchev–Trinajstić information content (AvgIpc) is 2.88. The number of benzene rings is 2. The van der Waals surface area contributed by atoms with Crippen LogP contribution in [0.15, 0.2) is 42.5 Å². The second-order valence-electron chi connectivity index (χ2n) is 4.17. The summed E-state index contributed by atoms with van der Waals surface area (Å²) in [5.74, 6) is -1.16. The molecule has 0 fully saturated rings. The molecule has 0 aliphatic rings. The van der Waals surface area contributed by atoms with Crippen molar-refractivity contribution in [2.45, 2.75) is 0 Å². The minimum atomic E-state index is -0.664. The zero-order valence-electron chi connectivity index (χ0n) is 10.2. The van der Waals surface area contributed by atoms with Crippen molar-refractivity contribution >= 4 is 34.1 Å². The van der Waals surface area contributed by atoms with Gasteiger partial charge in [0.1, 0.15) is 0 Å². The Bertz CT molecular complexity index is 800. The number of fused-ring (bicyclic) bond motifs is 1. The fraction of sp³-hybridized carbons (Fsp3) is 0. The number of halogens is 2. The summed E-state index contributed by atoms with van der Waals surface area (Å²) in [5, 5.41) is 9.79. The number of hydrogen-bond acceptors (Lipinski definition) is 2. The highest BCUT2D eigenvalue weighted by atomic mass is 35.5. The van der Waals surface area contributed by atoms with Crippen LogP contribution in [0.4, 0.5) is 10.1 Å². The Morgan fingerprint density at radius 1 is 1.20 bits per heavy atom. The number of para-hydroxylation sites is 1. The molecule has 0 radical (unpaired) electrons. The number of carbonyl (C=O) groups excluding carboxylic acids is 1. The predicted molar refractivity (Wildman–Crippen MR) is 75.5 cm³/mol. The second kappa shape index (κ2) is 4.94. The maximum atomic E-state index is 13.7. The molecule has 2 aromatic carbocycles. The summed E-state index contributed by atoms with van der Waals surface area (Å²) in [7, 11) is 0. The first-order valence-corrected chi connectivity index (χ1v) is 6.23. The number of amides is 1. The quantitative estimate of drug-likeness (QED) is 0.757. The summed E-state index contributed by atoms with van der Waals surface area (Å²) in [6.45, 7) is 0. The molecule has 4 nitrogen and oxygen atoms in total. The van der Waals surface area contributed by atoms with Gasteiger partial charge in [-0.25, -0.2) is 4.39 Å². The Labute approximate surface area is 118 Å². The van der Waals surface area contributed by atoms with Crippen molar-refractivity contribution in [1.29, 1.82) is 0 Å². The summed E-state index contributed by atoms with van der Waals surface area (Å²) < 4.78 is 13.7. The number of nitrogens with one attached hydrogen (secondary N) is 2. The van der Waals surface area contributed by atoms with Gasteiger partial charge in [-0.15, -0.1) is 0 Å². The van der Waals surface area contributed by atoms with Crippen molar-refractivity contribution in [3.05, 3.63) is 59.0 Å². The molecule has 3 rings (SSSR count). The van der Waals surface area contributed by atoms with Crippen LogP contribution in [0.1, 0.15) is 10.5 Å². The third-order valence-electron chi connectivity index (χ3n) is 2.89. The van der Waals surface area contributed by atoms with Crippen molar-refractivity contribution in [3.63, 3.8) is 0 Å². The normalized spacial score (nSPS) is 10.7. The molecule has 100 valence electrons. The van der Waals surface area contributed by atoms with Gasteiger partial charge in [-0.05, 0) is 18.2 Å². The highest BCUT2D eigenvalue weighted by Gasteiger charge is 2.16. The van der Waals surface area contributed by atoms with Gasteiger partial charge in [0, 0.05) is 5.39 Å². The Hall–Kier alpha value is -2.40. The lowest BCUT2D eigenvalue weighted by atomic mass is 10.2. The van der Waals surface area contributed by atoms with E-state index >= 15 is 0 Å². The molecule has 0 aliphatic carbocycles. The number of rotatable bonds is 2. The molecule has 2 N–H and O–H groups in total. The molecule has 0 bridgehead atoms. The lowest BCUT2D eigenvalue weighted by molar-refractivity contribution is 0.102. The van der Waals surface area contributed by atoms with Crippen LogP contribution in [-0.2, 0) is 0 Å². The monoisotopic (exact) mass is 289 g/mol. The SMILES string of the molecule is O=C(Nc1cccc(Cl)c1F)c1n[nH]c2ccccc12. The molecule has 6 heteroatoms. The van der Waals surface area contributed by atoms with E-state index in [2.05, 4.69) is 15.5 Å². The van der Waals surface area contributed by atoms with E-state index in [0.29, 0.717) is 5.39 Å². The Morgan fingerprint density at radius 3 is 2.85 bits per heavy atom. The van der Waals surface area contributed by atoms with Crippen LogP contribution in [0, 0.1) is 5.82 Å². The minimum Gasteiger partial charge on any atom is -0.318 e. The van der Waals surface area contributed by atoms with E-state index in [4.69, 9.17) is 11.6 Å². The van der Waals surface area contributed by atoms with Gasteiger partial charge in [-0.2, -0.15) is 5.10 Å². The van der Waals surface area contributed by atoms with Crippen LogP contribution in [0.3, 0.4) is 0 Å². The number of hydrogen-bond donors (Lipinski definition) is 2. The maximum Gasteiger partial charge on any atom is 0.276 e. The van der Waals surface area contributed by atoms with Crippen molar-refractivity contribution < 1.29 is 9.18 Å². The molecule has 3 aromatic rings. The van der Waals surface area contributed by atoms with Crippen LogP contribution in [0.5, 0.6) is 0 Å². The van der Waals surface area contributed by atoms with Gasteiger partial charge >= 0.3 is 0 Å². The number of H-pyrrole nitrogens is 1. The standard InChI is InChI=1S/C14H9ClFN3O/c15-9-5-3-7-11(12(9)16)17-14(20)13-8-4-1-2-6-10(8)18-19-13/h1-7H,(H,17,20)(H,18,19). The molecule has 0 atom stereocenters. The largest absolute Gasteiger partial charge is 0.318 e. The predicted octanol–water partition coefficient (Wildman–Crippen LogP) is 3.61. The van der Waals surface area contributed by atoms with Crippen molar-refractivity contribution in [2.24, 2.45) is 0 Å². The van der Waals surface area contributed by atoms with Crippen LogP contribution in [-0.4, -0.2) is 16.1 Å². The smallest absolute Gasteiger partial charge is 0.276 e. The number of carbonyl (C=O) groups is 1. The van der Waals surface area contributed by atoms with Crippen molar-refractivity contribution in [1.82, 2.24) is 10.2 Å². The Kier molecular flexibility index (Phi) is 3.12. The molecule has 1 aromatic heterocycles. The Balaban J connectivity index is 1.95. The van der Waals surface area contributed by atoms with Gasteiger partial charge in [0.2, 0.25) is 0 Å². The summed E-state index contributed by atoms with van der Waals surface area (Å²) in [4.78, 5) is 12.1. The van der Waals surface area contributed by atoms with E-state index in [9.17, 15) is 9.18 Å². The number of nitrogens with zero attached hydrogens (tertiary/aromatic N) is 1. The van der Waals surface area contributed by atoms with Gasteiger partial charge in [-0.1, -0.05) is 35.9 Å². The van der Waals surface area contributed by atoms with E-state index in [1.807, 2.05) is 6.07 Å². The van der Waals surface area contributed by atoms with E-state index in [1.165, 1.54) is 12.1 Å². The molecule has 0 saturated heterocycles. The van der Waals surface area contributed by atoms with E-state index < -0.39 is 11.7 Å². The van der Waals surface area contributed by atoms with Gasteiger partial charge in [-0.3, -0.25) is 9.89 Å². The molecule has 1 amide bonds. The van der Waals surface area contributed by atoms with Gasteiger partial charge in [0.15, 0.2) is 11.5 Å². The fourth-order valence-electron chi connectivity index (χ4n) is 1.92. The molecule has 20 heavy (non-hydrogen) atoms. The zero-order chi connectivity index (χ0) is 14.1. The second-order valence-corrected chi connectivity index (χ2v) is 4.58. The first-order valence-electron chi connectivity index (χ1n) is 5.85. The van der Waals surface area contributed by atoms with E-state index in [-0.39, 0.29) is 16.4 Å². The summed E-state index contributed by atoms with van der Waals surface area (Å²) in [6.07, 6.45) is 0. The zero-order valence-corrected chi connectivity index (χ0v) is 10.9. The number of anilines is 1. The highest BCUT2D eigenvalue weighted by Crippen LogP contribution is 2.23. The lowest BCUT2D eigenvalue weighted by Gasteiger charge is -2.05. The molecule has 0 spiro atoms. The van der Waals surface area contributed by atoms with Crippen LogP contribution >= 0.6 is 11.6 Å². The average molecular weight is 290 g/mol. The third-order valence-corrected chi connectivity index (χ3v) is 3.18. The maximum absolute atomic E-state index is 13.7. The highest BCUT2D eigenvalue weighted by molar-refractivity contribution is 6.31. The summed E-state index contributed by atoms with van der Waals surface area (Å²) in [6, 6.07) is 11.6. The Morgan fingerprint density at radius 2 is 2.00 bits per heavy atom. The van der Waals surface area contributed by atoms with Crippen LogP contribution < -0.4 is 5.32 Å². The van der Waals surface area contributed by atoms with Gasteiger partial charge < -0.3 is 5.32 Å². The fourth-order valence-corrected chi connectivity index (χ4v) is 2.09. The van der Waals surface area contributed by atoms with E-state index in [1.54, 1.807) is 24.3 Å². The van der Waals surface area contributed by atoms with Crippen LogP contribution in [0.25, 0.3) is 10.9 Å².